The predicted molar refractivity (Wildman–Crippen MR) is 67.9 cm³/mol. The monoisotopic (exact) mass is 257 g/mol. The van der Waals surface area contributed by atoms with Gasteiger partial charge < -0.3 is 10.5 Å². The zero-order valence-corrected chi connectivity index (χ0v) is 11.0. The molecule has 1 atom stereocenters. The number of sulfone groups is 1. The van der Waals surface area contributed by atoms with Gasteiger partial charge in [-0.3, -0.25) is 0 Å². The number of hydrogen-bond donors (Lipinski definition) is 1. The molecule has 0 saturated heterocycles. The molecule has 96 valence electrons. The molecule has 4 nitrogen and oxygen atoms in total. The molecule has 1 unspecified atom stereocenters. The van der Waals surface area contributed by atoms with Crippen molar-refractivity contribution in [3.8, 4) is 5.75 Å². The Morgan fingerprint density at radius 3 is 2.65 bits per heavy atom. The van der Waals surface area contributed by atoms with Gasteiger partial charge in [-0.25, -0.2) is 8.42 Å². The summed E-state index contributed by atoms with van der Waals surface area (Å²) in [6.07, 6.45) is 2.83. The second-order valence-electron chi connectivity index (χ2n) is 3.97. The summed E-state index contributed by atoms with van der Waals surface area (Å²) in [6.45, 7) is 2.57. The standard InChI is InChI=1S/C12H19NO3S/c1-3-10(7-8-13)16-11-5-4-6-12(9-11)17(2,14)15/h4-6,9-10H,3,7-8,13H2,1-2H3. The van der Waals surface area contributed by atoms with Crippen molar-refractivity contribution >= 4 is 9.84 Å². The Hall–Kier alpha value is -1.07. The third-order valence-corrected chi connectivity index (χ3v) is 3.59. The van der Waals surface area contributed by atoms with Gasteiger partial charge in [-0.2, -0.15) is 0 Å². The third kappa shape index (κ3) is 4.36. The Bertz CT molecular complexity index is 457. The van der Waals surface area contributed by atoms with Gasteiger partial charge in [0.05, 0.1) is 11.0 Å². The lowest BCUT2D eigenvalue weighted by molar-refractivity contribution is 0.189. The molecule has 0 bridgehead atoms. The van der Waals surface area contributed by atoms with Gasteiger partial charge >= 0.3 is 0 Å². The van der Waals surface area contributed by atoms with Crippen molar-refractivity contribution in [3.63, 3.8) is 0 Å². The maximum Gasteiger partial charge on any atom is 0.175 e. The van der Waals surface area contributed by atoms with Crippen molar-refractivity contribution in [3.05, 3.63) is 24.3 Å². The van der Waals surface area contributed by atoms with Crippen LogP contribution in [0.15, 0.2) is 29.2 Å². The normalized spacial score (nSPS) is 13.4. The molecule has 1 rings (SSSR count). The summed E-state index contributed by atoms with van der Waals surface area (Å²) >= 11 is 0. The molecule has 0 fully saturated rings. The van der Waals surface area contributed by atoms with Crippen LogP contribution in [0.4, 0.5) is 0 Å². The van der Waals surface area contributed by atoms with Crippen molar-refractivity contribution in [1.82, 2.24) is 0 Å². The molecule has 0 saturated carbocycles. The summed E-state index contributed by atoms with van der Waals surface area (Å²) in [4.78, 5) is 0.276. The van der Waals surface area contributed by atoms with Gasteiger partial charge in [0, 0.05) is 6.26 Å². The average Bonchev–Trinajstić information content (AvgIpc) is 2.28. The van der Waals surface area contributed by atoms with Gasteiger partial charge in [0.25, 0.3) is 0 Å². The molecule has 0 amide bonds. The molecule has 0 heterocycles. The highest BCUT2D eigenvalue weighted by molar-refractivity contribution is 7.90. The molecule has 0 aromatic heterocycles. The van der Waals surface area contributed by atoms with Gasteiger partial charge in [0.1, 0.15) is 5.75 Å². The predicted octanol–water partition coefficient (Wildman–Crippen LogP) is 1.60. The van der Waals surface area contributed by atoms with Crippen LogP contribution < -0.4 is 10.5 Å². The van der Waals surface area contributed by atoms with Gasteiger partial charge in [-0.15, -0.1) is 0 Å². The Morgan fingerprint density at radius 2 is 2.12 bits per heavy atom. The highest BCUT2D eigenvalue weighted by Gasteiger charge is 2.11. The Morgan fingerprint density at radius 1 is 1.41 bits per heavy atom. The van der Waals surface area contributed by atoms with E-state index in [1.165, 1.54) is 6.26 Å². The van der Waals surface area contributed by atoms with E-state index < -0.39 is 9.84 Å². The SMILES string of the molecule is CCC(CCN)Oc1cccc(S(C)(=O)=O)c1. The van der Waals surface area contributed by atoms with E-state index in [1.54, 1.807) is 24.3 Å². The van der Waals surface area contributed by atoms with Gasteiger partial charge in [0.15, 0.2) is 9.84 Å². The minimum Gasteiger partial charge on any atom is -0.490 e. The first-order valence-electron chi connectivity index (χ1n) is 5.64. The second-order valence-corrected chi connectivity index (χ2v) is 5.99. The first-order chi connectivity index (χ1) is 7.97. The van der Waals surface area contributed by atoms with Crippen LogP contribution in [-0.2, 0) is 9.84 Å². The van der Waals surface area contributed by atoms with Crippen LogP contribution in [0.3, 0.4) is 0 Å². The summed E-state index contributed by atoms with van der Waals surface area (Å²) in [7, 11) is -3.18. The van der Waals surface area contributed by atoms with E-state index in [0.717, 1.165) is 12.8 Å². The summed E-state index contributed by atoms with van der Waals surface area (Å²) < 4.78 is 28.5. The van der Waals surface area contributed by atoms with Crippen LogP contribution >= 0.6 is 0 Å². The number of ether oxygens (including phenoxy) is 1. The van der Waals surface area contributed by atoms with E-state index in [9.17, 15) is 8.42 Å². The van der Waals surface area contributed by atoms with Crippen LogP contribution in [0.1, 0.15) is 19.8 Å². The molecular formula is C12H19NO3S. The van der Waals surface area contributed by atoms with Crippen LogP contribution in [0.5, 0.6) is 5.75 Å². The van der Waals surface area contributed by atoms with Crippen LogP contribution in [-0.4, -0.2) is 27.3 Å². The minimum atomic E-state index is -3.18. The van der Waals surface area contributed by atoms with E-state index in [4.69, 9.17) is 10.5 Å². The van der Waals surface area contributed by atoms with E-state index >= 15 is 0 Å². The maximum absolute atomic E-state index is 11.4. The van der Waals surface area contributed by atoms with Crippen molar-refractivity contribution < 1.29 is 13.2 Å². The lowest BCUT2D eigenvalue weighted by Gasteiger charge is -2.17. The highest BCUT2D eigenvalue weighted by atomic mass is 32.2. The molecule has 17 heavy (non-hydrogen) atoms. The molecule has 1 aromatic carbocycles. The van der Waals surface area contributed by atoms with Gasteiger partial charge in [0.2, 0.25) is 0 Å². The summed E-state index contributed by atoms with van der Waals surface area (Å²) in [5.74, 6) is 0.577. The third-order valence-electron chi connectivity index (χ3n) is 2.48. The average molecular weight is 257 g/mol. The fourth-order valence-electron chi connectivity index (χ4n) is 1.50. The molecule has 0 aliphatic heterocycles. The molecule has 0 spiro atoms. The quantitative estimate of drug-likeness (QED) is 0.840. The van der Waals surface area contributed by atoms with Crippen molar-refractivity contribution in [2.75, 3.05) is 12.8 Å². The van der Waals surface area contributed by atoms with E-state index in [2.05, 4.69) is 0 Å². The lowest BCUT2D eigenvalue weighted by atomic mass is 10.2. The molecule has 2 N–H and O–H groups in total. The van der Waals surface area contributed by atoms with Crippen molar-refractivity contribution in [2.45, 2.75) is 30.8 Å². The largest absolute Gasteiger partial charge is 0.490 e. The Balaban J connectivity index is 2.85. The van der Waals surface area contributed by atoms with Crippen LogP contribution in [0.2, 0.25) is 0 Å². The number of hydrogen-bond acceptors (Lipinski definition) is 4. The summed E-state index contributed by atoms with van der Waals surface area (Å²) in [5, 5.41) is 0. The highest BCUT2D eigenvalue weighted by Crippen LogP contribution is 2.19. The molecular weight excluding hydrogens is 238 g/mol. The number of nitrogens with two attached hydrogens (primary N) is 1. The molecule has 0 aliphatic carbocycles. The molecule has 1 aromatic rings. The fraction of sp³-hybridized carbons (Fsp3) is 0.500. The van der Waals surface area contributed by atoms with Gasteiger partial charge in [-0.1, -0.05) is 13.0 Å². The fourth-order valence-corrected chi connectivity index (χ4v) is 2.16. The summed E-state index contributed by atoms with van der Waals surface area (Å²) in [6, 6.07) is 6.55. The maximum atomic E-state index is 11.4. The van der Waals surface area contributed by atoms with E-state index in [1.807, 2.05) is 6.92 Å². The zero-order chi connectivity index (χ0) is 12.9. The topological polar surface area (TPSA) is 69.4 Å². The molecule has 0 aliphatic rings. The van der Waals surface area contributed by atoms with Crippen LogP contribution in [0.25, 0.3) is 0 Å². The van der Waals surface area contributed by atoms with Crippen molar-refractivity contribution in [1.29, 1.82) is 0 Å². The Labute approximate surface area is 103 Å². The van der Waals surface area contributed by atoms with Crippen molar-refractivity contribution in [2.24, 2.45) is 5.73 Å². The smallest absolute Gasteiger partial charge is 0.175 e. The van der Waals surface area contributed by atoms with E-state index in [0.29, 0.717) is 12.3 Å². The molecule has 5 heteroatoms. The zero-order valence-electron chi connectivity index (χ0n) is 10.2. The summed E-state index contributed by atoms with van der Waals surface area (Å²) in [5.41, 5.74) is 5.48. The minimum absolute atomic E-state index is 0.0369. The first-order valence-corrected chi connectivity index (χ1v) is 7.53. The molecule has 0 radical (unpaired) electrons. The van der Waals surface area contributed by atoms with Gasteiger partial charge in [-0.05, 0) is 37.6 Å². The second kappa shape index (κ2) is 6.02. The number of rotatable bonds is 6. The van der Waals surface area contributed by atoms with Crippen LogP contribution in [0, 0.1) is 0 Å². The number of benzene rings is 1. The van der Waals surface area contributed by atoms with E-state index in [-0.39, 0.29) is 11.0 Å². The first kappa shape index (κ1) is 14.0. The Kier molecular flexibility index (Phi) is 4.96. The lowest BCUT2D eigenvalue weighted by Crippen LogP contribution is -2.19.